The van der Waals surface area contributed by atoms with Crippen LogP contribution in [0.3, 0.4) is 0 Å². The molecule has 1 atom stereocenters. The van der Waals surface area contributed by atoms with Crippen LogP contribution in [0, 0.1) is 0 Å². The zero-order valence-electron chi connectivity index (χ0n) is 16.9. The van der Waals surface area contributed by atoms with Gasteiger partial charge in [-0.05, 0) is 18.4 Å². The first-order valence-electron chi connectivity index (χ1n) is 9.54. The number of aromatic amines is 1. The van der Waals surface area contributed by atoms with Crippen molar-refractivity contribution < 1.29 is 38.0 Å². The molecule has 2 rings (SSSR count). The van der Waals surface area contributed by atoms with Crippen LogP contribution in [0.4, 0.5) is 13.2 Å². The number of carboxylic acids is 1. The van der Waals surface area contributed by atoms with Crippen LogP contribution in [-0.2, 0) is 28.9 Å². The number of carbonyl (C=O) groups is 1. The quantitative estimate of drug-likeness (QED) is 0.414. The second-order valence-electron chi connectivity index (χ2n) is 6.83. The third-order valence-electron chi connectivity index (χ3n) is 4.83. The summed E-state index contributed by atoms with van der Waals surface area (Å²) in [4.78, 5) is 20.9. The number of aliphatic hydroxyl groups excluding tert-OH is 1. The van der Waals surface area contributed by atoms with Crippen molar-refractivity contribution in [3.05, 3.63) is 27.2 Å². The van der Waals surface area contributed by atoms with Crippen LogP contribution in [0.15, 0.2) is 4.79 Å². The lowest BCUT2D eigenvalue weighted by Gasteiger charge is -2.36. The zero-order valence-corrected chi connectivity index (χ0v) is 16.9. The minimum Gasteiger partial charge on any atom is -0.475 e. The maximum absolute atomic E-state index is 12.0. The Morgan fingerprint density at radius 3 is 2.30 bits per heavy atom. The van der Waals surface area contributed by atoms with Gasteiger partial charge in [-0.2, -0.15) is 18.3 Å². The van der Waals surface area contributed by atoms with Gasteiger partial charge in [0.05, 0.1) is 17.4 Å². The van der Waals surface area contributed by atoms with Crippen molar-refractivity contribution in [2.45, 2.75) is 64.0 Å². The summed E-state index contributed by atoms with van der Waals surface area (Å²) in [7, 11) is 0. The lowest BCUT2D eigenvalue weighted by molar-refractivity contribution is -0.192. The molecule has 0 amide bonds. The number of aryl methyl sites for hydroxylation is 1. The van der Waals surface area contributed by atoms with Crippen molar-refractivity contribution in [2.24, 2.45) is 0 Å². The van der Waals surface area contributed by atoms with Crippen LogP contribution in [0.5, 0.6) is 0 Å². The first kappa shape index (κ1) is 26.0. The number of nitrogens with zero attached hydrogens (tertiary/aromatic N) is 1. The summed E-state index contributed by atoms with van der Waals surface area (Å²) >= 11 is 0. The minimum atomic E-state index is -5.08. The highest BCUT2D eigenvalue weighted by Crippen LogP contribution is 2.24. The number of rotatable bonds is 7. The first-order chi connectivity index (χ1) is 14.0. The van der Waals surface area contributed by atoms with Crippen molar-refractivity contribution >= 4 is 5.97 Å². The molecule has 0 radical (unpaired) electrons. The number of carboxylic acid groups (broad SMARTS) is 1. The Hall–Kier alpha value is -2.02. The largest absolute Gasteiger partial charge is 0.490 e. The van der Waals surface area contributed by atoms with Gasteiger partial charge in [-0.25, -0.2) is 9.89 Å². The monoisotopic (exact) mass is 439 g/mol. The summed E-state index contributed by atoms with van der Waals surface area (Å²) in [5, 5.41) is 37.5. The molecule has 1 aliphatic rings. The summed E-state index contributed by atoms with van der Waals surface area (Å²) < 4.78 is 37.0. The van der Waals surface area contributed by atoms with Crippen molar-refractivity contribution in [2.75, 3.05) is 19.8 Å². The van der Waals surface area contributed by atoms with E-state index in [1.807, 2.05) is 13.8 Å². The molecule has 1 aliphatic heterocycles. The van der Waals surface area contributed by atoms with Crippen molar-refractivity contribution in [1.82, 2.24) is 15.5 Å². The van der Waals surface area contributed by atoms with Crippen LogP contribution in [-0.4, -0.2) is 69.1 Å². The lowest BCUT2D eigenvalue weighted by Crippen LogP contribution is -2.51. The number of nitrogens with one attached hydrogen (secondary N) is 2. The summed E-state index contributed by atoms with van der Waals surface area (Å²) in [6, 6.07) is 0. The molecule has 1 saturated heterocycles. The van der Waals surface area contributed by atoms with Gasteiger partial charge in [0.2, 0.25) is 0 Å². The van der Waals surface area contributed by atoms with Gasteiger partial charge in [0.1, 0.15) is 0 Å². The van der Waals surface area contributed by atoms with Crippen molar-refractivity contribution in [3.8, 4) is 0 Å². The normalized spacial score (nSPS) is 17.0. The fourth-order valence-electron chi connectivity index (χ4n) is 3.04. The Kier molecular flexibility index (Phi) is 9.88. The smallest absolute Gasteiger partial charge is 0.475 e. The number of hydrogen-bond donors (Lipinski definition) is 5. The van der Waals surface area contributed by atoms with Crippen molar-refractivity contribution in [1.29, 1.82) is 0 Å². The average Bonchev–Trinajstić information content (AvgIpc) is 2.69. The molecule has 0 saturated carbocycles. The molecule has 172 valence electrons. The second kappa shape index (κ2) is 11.4. The predicted molar refractivity (Wildman–Crippen MR) is 100 cm³/mol. The fourth-order valence-corrected chi connectivity index (χ4v) is 3.04. The molecule has 0 aliphatic carbocycles. The third-order valence-corrected chi connectivity index (χ3v) is 4.83. The van der Waals surface area contributed by atoms with E-state index in [4.69, 9.17) is 14.6 Å². The van der Waals surface area contributed by atoms with Crippen LogP contribution in [0.1, 0.15) is 43.5 Å². The van der Waals surface area contributed by atoms with Crippen LogP contribution >= 0.6 is 0 Å². The summed E-state index contributed by atoms with van der Waals surface area (Å²) in [6.07, 6.45) is -3.63. The van der Waals surface area contributed by atoms with E-state index in [9.17, 15) is 28.2 Å². The Morgan fingerprint density at radius 2 is 1.83 bits per heavy atom. The minimum absolute atomic E-state index is 0.203. The molecule has 0 bridgehead atoms. The van der Waals surface area contributed by atoms with Gasteiger partial charge < -0.3 is 25.4 Å². The van der Waals surface area contributed by atoms with E-state index in [0.717, 1.165) is 24.1 Å². The van der Waals surface area contributed by atoms with Crippen molar-refractivity contribution in [3.63, 3.8) is 0 Å². The van der Waals surface area contributed by atoms with E-state index >= 15 is 0 Å². The number of hydrogen-bond acceptors (Lipinski definition) is 7. The van der Waals surface area contributed by atoms with E-state index in [1.54, 1.807) is 0 Å². The molecule has 0 spiro atoms. The molecule has 1 aromatic heterocycles. The summed E-state index contributed by atoms with van der Waals surface area (Å²) in [6.45, 7) is 5.48. The van der Waals surface area contributed by atoms with E-state index in [1.165, 1.54) is 0 Å². The van der Waals surface area contributed by atoms with Gasteiger partial charge in [-0.3, -0.25) is 4.79 Å². The highest BCUT2D eigenvalue weighted by molar-refractivity contribution is 5.73. The van der Waals surface area contributed by atoms with E-state index in [0.29, 0.717) is 38.2 Å². The number of H-pyrrole nitrogens is 1. The van der Waals surface area contributed by atoms with Gasteiger partial charge in [-0.1, -0.05) is 13.8 Å². The molecule has 1 aromatic rings. The summed E-state index contributed by atoms with van der Waals surface area (Å²) in [5.74, 6) is -2.76. The maximum Gasteiger partial charge on any atom is 0.490 e. The number of aromatic nitrogens is 2. The number of halogens is 3. The predicted octanol–water partition coefficient (Wildman–Crippen LogP) is 0.520. The Morgan fingerprint density at radius 1 is 1.27 bits per heavy atom. The first-order valence-corrected chi connectivity index (χ1v) is 9.54. The zero-order chi connectivity index (χ0) is 22.9. The van der Waals surface area contributed by atoms with E-state index in [2.05, 4.69) is 15.5 Å². The van der Waals surface area contributed by atoms with E-state index < -0.39 is 23.9 Å². The third kappa shape index (κ3) is 7.35. The Balaban J connectivity index is 0.000000553. The second-order valence-corrected chi connectivity index (χ2v) is 6.83. The lowest BCUT2D eigenvalue weighted by atomic mass is 9.88. The van der Waals surface area contributed by atoms with Gasteiger partial charge in [-0.15, -0.1) is 0 Å². The van der Waals surface area contributed by atoms with Crippen LogP contribution in [0.2, 0.25) is 0 Å². The molecule has 30 heavy (non-hydrogen) atoms. The fraction of sp³-hybridized carbons (Fsp3) is 0.722. The average molecular weight is 439 g/mol. The van der Waals surface area contributed by atoms with Gasteiger partial charge in [0.25, 0.3) is 5.56 Å². The molecule has 1 unspecified atom stereocenters. The number of aliphatic carboxylic acids is 1. The molecule has 9 nitrogen and oxygen atoms in total. The highest BCUT2D eigenvalue weighted by Gasteiger charge is 2.38. The number of ether oxygens (including phenoxy) is 1. The topological polar surface area (TPSA) is 145 Å². The van der Waals surface area contributed by atoms with Gasteiger partial charge in [0, 0.05) is 44.7 Å². The van der Waals surface area contributed by atoms with Gasteiger partial charge >= 0.3 is 12.1 Å². The molecule has 12 heteroatoms. The summed E-state index contributed by atoms with van der Waals surface area (Å²) in [5.41, 5.74) is 1.20. The van der Waals surface area contributed by atoms with Crippen LogP contribution < -0.4 is 10.9 Å². The molecule has 0 aromatic carbocycles. The Labute approximate surface area is 171 Å². The molecule has 1 fully saturated rings. The maximum atomic E-state index is 12.0. The van der Waals surface area contributed by atoms with E-state index in [-0.39, 0.29) is 12.1 Å². The highest BCUT2D eigenvalue weighted by atomic mass is 19.4. The molecular formula is C18H28F3N3O6. The van der Waals surface area contributed by atoms with Gasteiger partial charge in [0.15, 0.2) is 0 Å². The standard InChI is InChI=1S/C16H27N3O4.C2HF3O2/c1-3-11-12(15(21)19-18-13(11)4-2)9-17-10-14(20)16(22)5-7-23-8-6-16;3-2(4,5)1(6)7/h14,17,20,22H,3-10H2,1-2H3,(H,19,21);(H,6,7). The molecule has 5 N–H and O–H groups in total. The molecular weight excluding hydrogens is 411 g/mol. The SMILES string of the molecule is CCc1n[nH]c(=O)c(CNCC(O)C2(O)CCOCC2)c1CC.O=C(O)C(F)(F)F. The number of alkyl halides is 3. The van der Waals surface area contributed by atoms with Crippen LogP contribution in [0.25, 0.3) is 0 Å². The number of aliphatic hydroxyl groups is 2. The Bertz CT molecular complexity index is 748. The molecule has 2 heterocycles.